The molecule has 0 spiro atoms. The van der Waals surface area contributed by atoms with Gasteiger partial charge in [0, 0.05) is 34.9 Å². The number of hydrogen-bond acceptors (Lipinski definition) is 3. The van der Waals surface area contributed by atoms with Crippen LogP contribution in [0.1, 0.15) is 6.42 Å². The van der Waals surface area contributed by atoms with Crippen LogP contribution in [0, 0.1) is 5.92 Å². The normalized spacial score (nSPS) is 19.1. The van der Waals surface area contributed by atoms with Gasteiger partial charge in [0.2, 0.25) is 11.9 Å². The van der Waals surface area contributed by atoms with E-state index in [0.717, 1.165) is 15.4 Å². The second kappa shape index (κ2) is 4.74. The molecule has 1 aromatic heterocycles. The summed E-state index contributed by atoms with van der Waals surface area (Å²) in [4.78, 5) is 22.3. The summed E-state index contributed by atoms with van der Waals surface area (Å²) >= 11 is 3.46. The van der Waals surface area contributed by atoms with Gasteiger partial charge in [0.25, 0.3) is 0 Å². The van der Waals surface area contributed by atoms with Crippen LogP contribution in [0.2, 0.25) is 0 Å². The number of carbonyl (C=O) groups excluding carboxylic acids is 1. The third-order valence-electron chi connectivity index (χ3n) is 3.29. The lowest BCUT2D eigenvalue weighted by Gasteiger charge is -2.14. The van der Waals surface area contributed by atoms with Crippen LogP contribution in [0.5, 0.6) is 0 Å². The molecule has 1 unspecified atom stereocenters. The molecule has 1 aromatic carbocycles. The first-order valence-corrected chi connectivity index (χ1v) is 6.82. The zero-order chi connectivity index (χ0) is 13.4. The van der Waals surface area contributed by atoms with E-state index in [1.807, 2.05) is 24.3 Å². The molecule has 19 heavy (non-hydrogen) atoms. The van der Waals surface area contributed by atoms with Crippen LogP contribution < -0.4 is 4.90 Å². The van der Waals surface area contributed by atoms with Crippen molar-refractivity contribution in [3.05, 3.63) is 41.5 Å². The van der Waals surface area contributed by atoms with E-state index < -0.39 is 0 Å². The van der Waals surface area contributed by atoms with Crippen molar-refractivity contribution in [1.29, 1.82) is 0 Å². The number of carbonyl (C=O) groups is 1. The van der Waals surface area contributed by atoms with Gasteiger partial charge in [-0.3, -0.25) is 9.69 Å². The molecule has 0 N–H and O–H groups in total. The van der Waals surface area contributed by atoms with Crippen molar-refractivity contribution in [3.63, 3.8) is 0 Å². The zero-order valence-electron chi connectivity index (χ0n) is 10.2. The molecule has 1 atom stereocenters. The Kier molecular flexibility index (Phi) is 3.06. The van der Waals surface area contributed by atoms with Crippen LogP contribution in [-0.4, -0.2) is 22.4 Å². The molecular weight excluding hydrogens is 306 g/mol. The summed E-state index contributed by atoms with van der Waals surface area (Å²) in [6.45, 7) is 4.35. The highest BCUT2D eigenvalue weighted by Crippen LogP contribution is 2.26. The van der Waals surface area contributed by atoms with E-state index in [1.165, 1.54) is 0 Å². The predicted octanol–water partition coefficient (Wildman–Crippen LogP) is 2.93. The van der Waals surface area contributed by atoms with Crippen molar-refractivity contribution in [2.45, 2.75) is 6.42 Å². The lowest BCUT2D eigenvalue weighted by atomic mass is 10.1. The average molecular weight is 318 g/mol. The van der Waals surface area contributed by atoms with E-state index in [0.29, 0.717) is 18.9 Å². The van der Waals surface area contributed by atoms with E-state index in [2.05, 4.69) is 32.5 Å². The van der Waals surface area contributed by atoms with Gasteiger partial charge in [-0.25, -0.2) is 9.97 Å². The molecule has 2 aromatic rings. The van der Waals surface area contributed by atoms with E-state index >= 15 is 0 Å². The Morgan fingerprint density at radius 3 is 3.05 bits per heavy atom. The molecule has 0 bridgehead atoms. The van der Waals surface area contributed by atoms with Gasteiger partial charge in [-0.2, -0.15) is 0 Å². The molecule has 5 heteroatoms. The Bertz CT molecular complexity index is 671. The summed E-state index contributed by atoms with van der Waals surface area (Å²) < 4.78 is 0.952. The highest BCUT2D eigenvalue weighted by Gasteiger charge is 2.30. The number of hydrogen-bond donors (Lipinski definition) is 0. The highest BCUT2D eigenvalue weighted by atomic mass is 79.9. The highest BCUT2D eigenvalue weighted by molar-refractivity contribution is 9.10. The quantitative estimate of drug-likeness (QED) is 0.800. The molecule has 4 nitrogen and oxygen atoms in total. The number of anilines is 1. The maximum Gasteiger partial charge on any atom is 0.232 e. The van der Waals surface area contributed by atoms with Crippen LogP contribution >= 0.6 is 15.9 Å². The first-order chi connectivity index (χ1) is 9.19. The topological polar surface area (TPSA) is 46.1 Å². The second-order valence-corrected chi connectivity index (χ2v) is 5.40. The summed E-state index contributed by atoms with van der Waals surface area (Å²) in [5.74, 6) is 0.716. The minimum Gasteiger partial charge on any atom is -0.280 e. The fourth-order valence-electron chi connectivity index (χ4n) is 2.23. The number of fused-ring (bicyclic) bond motifs is 1. The number of nitrogens with zero attached hydrogens (tertiary/aromatic N) is 3. The molecule has 96 valence electrons. The maximum atomic E-state index is 11.9. The smallest absolute Gasteiger partial charge is 0.232 e. The summed E-state index contributed by atoms with van der Waals surface area (Å²) in [5, 5.41) is 0.943. The fourth-order valence-corrected chi connectivity index (χ4v) is 2.68. The molecule has 0 saturated carbocycles. The van der Waals surface area contributed by atoms with Crippen LogP contribution in [0.3, 0.4) is 0 Å². The molecule has 1 saturated heterocycles. The van der Waals surface area contributed by atoms with Gasteiger partial charge in [-0.15, -0.1) is 6.58 Å². The lowest BCUT2D eigenvalue weighted by molar-refractivity contribution is -0.117. The van der Waals surface area contributed by atoms with Gasteiger partial charge in [0.05, 0.1) is 5.52 Å². The number of halogens is 1. The Labute approximate surface area is 119 Å². The molecule has 1 aliphatic rings. The second-order valence-electron chi connectivity index (χ2n) is 4.55. The lowest BCUT2D eigenvalue weighted by Crippen LogP contribution is -2.26. The summed E-state index contributed by atoms with van der Waals surface area (Å²) in [6, 6.07) is 5.78. The molecule has 2 heterocycles. The Morgan fingerprint density at radius 1 is 1.47 bits per heavy atom. The first-order valence-electron chi connectivity index (χ1n) is 6.03. The number of amides is 1. The Hall–Kier alpha value is -1.75. The Balaban J connectivity index is 2.02. The molecule has 0 aliphatic carbocycles. The minimum absolute atomic E-state index is 0.0549. The molecule has 1 amide bonds. The van der Waals surface area contributed by atoms with Crippen LogP contribution in [-0.2, 0) is 4.79 Å². The monoisotopic (exact) mass is 317 g/mol. The SMILES string of the molecule is C=CC1CC(=O)N(c2ncc3c(Br)cccc3n2)C1. The third kappa shape index (κ3) is 2.14. The van der Waals surface area contributed by atoms with E-state index in [1.54, 1.807) is 11.1 Å². The molecule has 0 radical (unpaired) electrons. The Morgan fingerprint density at radius 2 is 2.32 bits per heavy atom. The fraction of sp³-hybridized carbons (Fsp3) is 0.214. The van der Waals surface area contributed by atoms with Crippen LogP contribution in [0.4, 0.5) is 5.95 Å². The van der Waals surface area contributed by atoms with Crippen LogP contribution in [0.25, 0.3) is 10.9 Å². The zero-order valence-corrected chi connectivity index (χ0v) is 11.8. The summed E-state index contributed by atoms with van der Waals surface area (Å²) in [6.07, 6.45) is 4.05. The van der Waals surface area contributed by atoms with Crippen molar-refractivity contribution in [3.8, 4) is 0 Å². The van der Waals surface area contributed by atoms with Crippen molar-refractivity contribution in [1.82, 2.24) is 9.97 Å². The summed E-state index contributed by atoms with van der Waals surface area (Å²) in [7, 11) is 0. The maximum absolute atomic E-state index is 11.9. The number of benzene rings is 1. The van der Waals surface area contributed by atoms with Gasteiger partial charge >= 0.3 is 0 Å². The van der Waals surface area contributed by atoms with Crippen molar-refractivity contribution in [2.75, 3.05) is 11.4 Å². The van der Waals surface area contributed by atoms with Gasteiger partial charge in [0.15, 0.2) is 0 Å². The van der Waals surface area contributed by atoms with E-state index in [9.17, 15) is 4.79 Å². The van der Waals surface area contributed by atoms with Crippen molar-refractivity contribution < 1.29 is 4.79 Å². The number of aromatic nitrogens is 2. The minimum atomic E-state index is 0.0549. The van der Waals surface area contributed by atoms with Crippen LogP contribution in [0.15, 0.2) is 41.5 Å². The molecule has 1 aliphatic heterocycles. The summed E-state index contributed by atoms with van der Waals surface area (Å²) in [5.41, 5.74) is 0.828. The van der Waals surface area contributed by atoms with E-state index in [-0.39, 0.29) is 11.8 Å². The van der Waals surface area contributed by atoms with E-state index in [4.69, 9.17) is 0 Å². The van der Waals surface area contributed by atoms with Gasteiger partial charge in [0.1, 0.15) is 0 Å². The van der Waals surface area contributed by atoms with Crippen molar-refractivity contribution >= 4 is 38.7 Å². The standard InChI is InChI=1S/C14H12BrN3O/c1-2-9-6-13(19)18(8-9)14-16-7-10-11(15)4-3-5-12(10)17-14/h2-5,7,9H,1,6,8H2. The molecule has 1 fully saturated rings. The first kappa shape index (κ1) is 12.3. The van der Waals surface area contributed by atoms with Gasteiger partial charge in [-0.05, 0) is 12.1 Å². The predicted molar refractivity (Wildman–Crippen MR) is 77.9 cm³/mol. The molecule has 3 rings (SSSR count). The molecular formula is C14H12BrN3O. The number of rotatable bonds is 2. The van der Waals surface area contributed by atoms with Gasteiger partial charge < -0.3 is 0 Å². The van der Waals surface area contributed by atoms with Gasteiger partial charge in [-0.1, -0.05) is 28.1 Å². The average Bonchev–Trinajstić information content (AvgIpc) is 2.80. The largest absolute Gasteiger partial charge is 0.280 e. The third-order valence-corrected chi connectivity index (χ3v) is 3.98. The van der Waals surface area contributed by atoms with Crippen molar-refractivity contribution in [2.24, 2.45) is 5.92 Å².